The lowest BCUT2D eigenvalue weighted by Gasteiger charge is -2.10. The largest absolute Gasteiger partial charge is 0.483 e. The fourth-order valence-corrected chi connectivity index (χ4v) is 2.52. The maximum absolute atomic E-state index is 12.0. The van der Waals surface area contributed by atoms with E-state index in [1.165, 1.54) is 18.3 Å². The summed E-state index contributed by atoms with van der Waals surface area (Å²) in [4.78, 5) is 22.2. The summed E-state index contributed by atoms with van der Waals surface area (Å²) >= 11 is 0. The maximum Gasteiger partial charge on any atom is 0.277 e. The van der Waals surface area contributed by atoms with Crippen LogP contribution in [0.15, 0.2) is 84.0 Å². The van der Waals surface area contributed by atoms with Gasteiger partial charge in [0.15, 0.2) is 6.61 Å². The van der Waals surface area contributed by atoms with Crippen molar-refractivity contribution in [2.75, 3.05) is 6.61 Å². The average molecular weight is 375 g/mol. The van der Waals surface area contributed by atoms with Gasteiger partial charge in [-0.2, -0.15) is 5.10 Å². The molecule has 0 atom stereocenters. The van der Waals surface area contributed by atoms with Crippen LogP contribution in [0.4, 0.5) is 5.69 Å². The Morgan fingerprint density at radius 1 is 1.04 bits per heavy atom. The van der Waals surface area contributed by atoms with E-state index in [2.05, 4.69) is 10.5 Å². The number of non-ortho nitro benzene ring substituents is 1. The van der Waals surface area contributed by atoms with Gasteiger partial charge in [-0.25, -0.2) is 5.43 Å². The SMILES string of the molecule is O=C(COc1ccccc1-c1ccccc1)N/N=C\c1cccc([N+](=O)[O-])c1. The van der Waals surface area contributed by atoms with E-state index < -0.39 is 10.8 Å². The van der Waals surface area contributed by atoms with Crippen LogP contribution in [0, 0.1) is 10.1 Å². The molecule has 0 aromatic heterocycles. The van der Waals surface area contributed by atoms with Gasteiger partial charge in [0, 0.05) is 23.3 Å². The summed E-state index contributed by atoms with van der Waals surface area (Å²) < 4.78 is 5.63. The third-order valence-electron chi connectivity index (χ3n) is 3.81. The Balaban J connectivity index is 1.58. The molecule has 0 radical (unpaired) electrons. The Morgan fingerprint density at radius 2 is 1.79 bits per heavy atom. The number of carbonyl (C=O) groups excluding carboxylic acids is 1. The second-order valence-corrected chi connectivity index (χ2v) is 5.80. The van der Waals surface area contributed by atoms with Crippen molar-refractivity contribution in [3.8, 4) is 16.9 Å². The van der Waals surface area contributed by atoms with Crippen molar-refractivity contribution in [1.82, 2.24) is 5.43 Å². The number of hydrogen-bond acceptors (Lipinski definition) is 5. The first-order valence-corrected chi connectivity index (χ1v) is 8.47. The minimum atomic E-state index is -0.492. The molecule has 0 bridgehead atoms. The van der Waals surface area contributed by atoms with Gasteiger partial charge >= 0.3 is 0 Å². The van der Waals surface area contributed by atoms with E-state index in [-0.39, 0.29) is 12.3 Å². The normalized spacial score (nSPS) is 10.6. The highest BCUT2D eigenvalue weighted by Crippen LogP contribution is 2.29. The highest BCUT2D eigenvalue weighted by atomic mass is 16.6. The molecule has 0 fully saturated rings. The van der Waals surface area contributed by atoms with Gasteiger partial charge in [-0.05, 0) is 11.6 Å². The van der Waals surface area contributed by atoms with E-state index in [4.69, 9.17) is 4.74 Å². The van der Waals surface area contributed by atoms with Crippen molar-refractivity contribution in [3.63, 3.8) is 0 Å². The molecule has 140 valence electrons. The molecule has 1 amide bonds. The number of nitro groups is 1. The number of nitro benzene ring substituents is 1. The Morgan fingerprint density at radius 3 is 2.57 bits per heavy atom. The second-order valence-electron chi connectivity index (χ2n) is 5.80. The number of hydrazone groups is 1. The molecular weight excluding hydrogens is 358 g/mol. The van der Waals surface area contributed by atoms with Crippen molar-refractivity contribution in [2.45, 2.75) is 0 Å². The molecule has 0 heterocycles. The van der Waals surface area contributed by atoms with E-state index in [1.807, 2.05) is 48.5 Å². The molecule has 3 aromatic carbocycles. The van der Waals surface area contributed by atoms with Crippen LogP contribution in [0.2, 0.25) is 0 Å². The number of hydrogen-bond donors (Lipinski definition) is 1. The van der Waals surface area contributed by atoms with Crippen molar-refractivity contribution < 1.29 is 14.5 Å². The van der Waals surface area contributed by atoms with Crippen LogP contribution in [0.3, 0.4) is 0 Å². The molecule has 7 heteroatoms. The first kappa shape index (κ1) is 18.8. The zero-order chi connectivity index (χ0) is 19.8. The number of ether oxygens (including phenoxy) is 1. The quantitative estimate of drug-likeness (QED) is 0.386. The zero-order valence-electron chi connectivity index (χ0n) is 14.8. The van der Waals surface area contributed by atoms with Crippen LogP contribution in [0.5, 0.6) is 5.75 Å². The summed E-state index contributed by atoms with van der Waals surface area (Å²) in [6, 6.07) is 23.1. The van der Waals surface area contributed by atoms with Gasteiger partial charge in [0.25, 0.3) is 11.6 Å². The van der Waals surface area contributed by atoms with Gasteiger partial charge in [0.05, 0.1) is 11.1 Å². The van der Waals surface area contributed by atoms with Crippen LogP contribution < -0.4 is 10.2 Å². The smallest absolute Gasteiger partial charge is 0.277 e. The molecule has 0 spiro atoms. The first-order valence-electron chi connectivity index (χ1n) is 8.47. The number of para-hydroxylation sites is 1. The summed E-state index contributed by atoms with van der Waals surface area (Å²) in [5.74, 6) is 0.149. The zero-order valence-corrected chi connectivity index (χ0v) is 14.8. The average Bonchev–Trinajstić information content (AvgIpc) is 2.73. The predicted molar refractivity (Wildman–Crippen MR) is 106 cm³/mol. The molecule has 0 aliphatic rings. The first-order chi connectivity index (χ1) is 13.6. The van der Waals surface area contributed by atoms with Crippen LogP contribution in [-0.2, 0) is 4.79 Å². The summed E-state index contributed by atoms with van der Waals surface area (Å²) in [5.41, 5.74) is 4.68. The van der Waals surface area contributed by atoms with Crippen molar-refractivity contribution >= 4 is 17.8 Å². The summed E-state index contributed by atoms with van der Waals surface area (Å²) in [7, 11) is 0. The molecule has 0 aliphatic carbocycles. The monoisotopic (exact) mass is 375 g/mol. The number of nitrogens with zero attached hydrogens (tertiary/aromatic N) is 2. The Labute approximate surface area is 161 Å². The highest BCUT2D eigenvalue weighted by Gasteiger charge is 2.08. The highest BCUT2D eigenvalue weighted by molar-refractivity contribution is 5.83. The van der Waals surface area contributed by atoms with Gasteiger partial charge in [-0.3, -0.25) is 14.9 Å². The topological polar surface area (TPSA) is 93.8 Å². The molecule has 3 rings (SSSR count). The summed E-state index contributed by atoms with van der Waals surface area (Å²) in [6.45, 7) is -0.212. The van der Waals surface area contributed by atoms with Gasteiger partial charge in [0.2, 0.25) is 0 Å². The third-order valence-corrected chi connectivity index (χ3v) is 3.81. The maximum atomic E-state index is 12.0. The lowest BCUT2D eigenvalue weighted by Crippen LogP contribution is -2.24. The molecule has 0 saturated carbocycles. The van der Waals surface area contributed by atoms with Crippen molar-refractivity contribution in [1.29, 1.82) is 0 Å². The predicted octanol–water partition coefficient (Wildman–Crippen LogP) is 3.79. The standard InChI is InChI=1S/C21H17N3O4/c25-21(23-22-14-16-7-6-10-18(13-16)24(26)27)15-28-20-12-5-4-11-19(20)17-8-2-1-3-9-17/h1-14H,15H2,(H,23,25)/b22-14-. The van der Waals surface area contributed by atoms with Crippen molar-refractivity contribution in [2.24, 2.45) is 5.10 Å². The Bertz CT molecular complexity index is 1000. The Kier molecular flexibility index (Phi) is 6.10. The molecule has 0 saturated heterocycles. The number of nitrogens with one attached hydrogen (secondary N) is 1. The Hall–Kier alpha value is -4.00. The molecule has 0 unspecified atom stereocenters. The number of rotatable bonds is 7. The number of amides is 1. The molecule has 28 heavy (non-hydrogen) atoms. The van der Waals surface area contributed by atoms with E-state index in [0.29, 0.717) is 11.3 Å². The van der Waals surface area contributed by atoms with Crippen molar-refractivity contribution in [3.05, 3.63) is 94.5 Å². The third kappa shape index (κ3) is 5.01. The fourth-order valence-electron chi connectivity index (χ4n) is 2.52. The number of benzene rings is 3. The fraction of sp³-hybridized carbons (Fsp3) is 0.0476. The van der Waals surface area contributed by atoms with Crippen LogP contribution in [0.25, 0.3) is 11.1 Å². The minimum absolute atomic E-state index is 0.0453. The van der Waals surface area contributed by atoms with E-state index >= 15 is 0 Å². The van der Waals surface area contributed by atoms with Gasteiger partial charge in [-0.1, -0.05) is 60.7 Å². The van der Waals surface area contributed by atoms with Crippen LogP contribution in [-0.4, -0.2) is 23.7 Å². The lowest BCUT2D eigenvalue weighted by molar-refractivity contribution is -0.384. The van der Waals surface area contributed by atoms with E-state index in [0.717, 1.165) is 11.1 Å². The summed E-state index contributed by atoms with van der Waals surface area (Å²) in [6.07, 6.45) is 1.34. The molecule has 7 nitrogen and oxygen atoms in total. The molecular formula is C21H17N3O4. The minimum Gasteiger partial charge on any atom is -0.483 e. The van der Waals surface area contributed by atoms with Gasteiger partial charge in [-0.15, -0.1) is 0 Å². The summed E-state index contributed by atoms with van der Waals surface area (Å²) in [5, 5.41) is 14.6. The van der Waals surface area contributed by atoms with Gasteiger partial charge in [0.1, 0.15) is 5.75 Å². The van der Waals surface area contributed by atoms with Crippen LogP contribution >= 0.6 is 0 Å². The van der Waals surface area contributed by atoms with E-state index in [9.17, 15) is 14.9 Å². The number of carbonyl (C=O) groups is 1. The van der Waals surface area contributed by atoms with Crippen LogP contribution in [0.1, 0.15) is 5.56 Å². The van der Waals surface area contributed by atoms with Gasteiger partial charge < -0.3 is 4.74 Å². The van der Waals surface area contributed by atoms with E-state index in [1.54, 1.807) is 18.2 Å². The molecule has 0 aliphatic heterocycles. The lowest BCUT2D eigenvalue weighted by atomic mass is 10.1. The molecule has 1 N–H and O–H groups in total. The molecule has 3 aromatic rings. The second kappa shape index (κ2) is 9.09.